The molecule has 0 radical (unpaired) electrons. The van der Waals surface area contributed by atoms with Crippen molar-refractivity contribution < 1.29 is 4.80 Å². The van der Waals surface area contributed by atoms with Crippen molar-refractivity contribution >= 4 is 0 Å². The Hall–Kier alpha value is -1.71. The smallest absolute Gasteiger partial charge is 0.0549 e. The molecule has 0 spiro atoms. The van der Waals surface area contributed by atoms with E-state index in [4.69, 9.17) is 0 Å². The van der Waals surface area contributed by atoms with E-state index in [1.807, 2.05) is 31.2 Å². The van der Waals surface area contributed by atoms with Gasteiger partial charge in [-0.05, 0) is 34.2 Å². The van der Waals surface area contributed by atoms with Crippen LogP contribution < -0.4 is 4.80 Å². The molecule has 0 aliphatic carbocycles. The maximum atomic E-state index is 4.16. The molecule has 1 N–H and O–H groups in total. The topological polar surface area (TPSA) is 45.5 Å². The minimum Gasteiger partial charge on any atom is -0.0549 e. The van der Waals surface area contributed by atoms with Crippen LogP contribution in [0.1, 0.15) is 11.4 Å². The third-order valence-corrected chi connectivity index (χ3v) is 1.83. The lowest BCUT2D eigenvalue weighted by molar-refractivity contribution is -0.717. The highest BCUT2D eigenvalue weighted by Crippen LogP contribution is 2.00. The summed E-state index contributed by atoms with van der Waals surface area (Å²) in [5, 5.41) is 10.9. The predicted molar refractivity (Wildman–Crippen MR) is 47.4 cm³/mol. The van der Waals surface area contributed by atoms with Crippen molar-refractivity contribution in [3.05, 3.63) is 35.7 Å². The zero-order valence-electron chi connectivity index (χ0n) is 7.65. The van der Waals surface area contributed by atoms with Crippen molar-refractivity contribution in [3.63, 3.8) is 0 Å². The molecule has 0 aliphatic heterocycles. The summed E-state index contributed by atoms with van der Waals surface area (Å²) in [6, 6.07) is 8.08. The van der Waals surface area contributed by atoms with E-state index in [1.165, 1.54) is 5.56 Å². The number of tetrazole rings is 1. The Kier molecular flexibility index (Phi) is 1.81. The molecular weight excluding hydrogens is 164 g/mol. The molecule has 0 saturated carbocycles. The molecule has 1 heterocycles. The van der Waals surface area contributed by atoms with Gasteiger partial charge in [-0.2, -0.15) is 0 Å². The molecule has 66 valence electrons. The van der Waals surface area contributed by atoms with Gasteiger partial charge in [0, 0.05) is 6.92 Å². The first kappa shape index (κ1) is 7.91. The summed E-state index contributed by atoms with van der Waals surface area (Å²) in [6.45, 7) is 3.90. The molecular formula is C9H11N4+. The van der Waals surface area contributed by atoms with Gasteiger partial charge in [0.1, 0.15) is 0 Å². The SMILES string of the molecule is Cc1ccc(-[n+]2nc(C)n[nH]2)cc1. The second-order valence-corrected chi connectivity index (χ2v) is 3.01. The van der Waals surface area contributed by atoms with Crippen LogP contribution in [0.25, 0.3) is 5.69 Å². The Balaban J connectivity index is 2.41. The average molecular weight is 175 g/mol. The Morgan fingerprint density at radius 1 is 1.15 bits per heavy atom. The van der Waals surface area contributed by atoms with E-state index < -0.39 is 0 Å². The fraction of sp³-hybridized carbons (Fsp3) is 0.222. The summed E-state index contributed by atoms with van der Waals surface area (Å²) in [6.07, 6.45) is 0. The lowest BCUT2D eigenvalue weighted by atomic mass is 10.2. The van der Waals surface area contributed by atoms with Gasteiger partial charge in [0.25, 0.3) is 0 Å². The van der Waals surface area contributed by atoms with Crippen LogP contribution in [0.3, 0.4) is 0 Å². The second-order valence-electron chi connectivity index (χ2n) is 3.01. The van der Waals surface area contributed by atoms with Crippen LogP contribution >= 0.6 is 0 Å². The molecule has 1 aromatic heterocycles. The van der Waals surface area contributed by atoms with Gasteiger partial charge in [0.15, 0.2) is 5.69 Å². The predicted octanol–water partition coefficient (Wildman–Crippen LogP) is 0.698. The van der Waals surface area contributed by atoms with Crippen LogP contribution in [0.15, 0.2) is 24.3 Å². The molecule has 0 bridgehead atoms. The number of H-pyrrole nitrogens is 1. The lowest BCUT2D eigenvalue weighted by Crippen LogP contribution is -2.36. The molecule has 0 fully saturated rings. The molecule has 13 heavy (non-hydrogen) atoms. The molecule has 2 rings (SSSR count). The van der Waals surface area contributed by atoms with E-state index >= 15 is 0 Å². The van der Waals surface area contributed by atoms with Crippen LogP contribution in [-0.4, -0.2) is 15.4 Å². The van der Waals surface area contributed by atoms with Gasteiger partial charge in [-0.3, -0.25) is 0 Å². The van der Waals surface area contributed by atoms with Crippen molar-refractivity contribution in [1.82, 2.24) is 15.4 Å². The monoisotopic (exact) mass is 175 g/mol. The number of aromatic amines is 1. The van der Waals surface area contributed by atoms with E-state index in [1.54, 1.807) is 4.80 Å². The van der Waals surface area contributed by atoms with Gasteiger partial charge in [-0.15, -0.1) is 0 Å². The first-order chi connectivity index (χ1) is 6.25. The highest BCUT2D eigenvalue weighted by Gasteiger charge is 2.07. The minimum atomic E-state index is 0.737. The van der Waals surface area contributed by atoms with Crippen LogP contribution in [0, 0.1) is 13.8 Å². The summed E-state index contributed by atoms with van der Waals surface area (Å²) in [4.78, 5) is 1.65. The number of aryl methyl sites for hydroxylation is 2. The normalized spacial score (nSPS) is 10.3. The first-order valence-electron chi connectivity index (χ1n) is 4.14. The number of hydrogen-bond acceptors (Lipinski definition) is 2. The van der Waals surface area contributed by atoms with Crippen LogP contribution in [0.2, 0.25) is 0 Å². The zero-order chi connectivity index (χ0) is 9.26. The zero-order valence-corrected chi connectivity index (χ0v) is 7.65. The van der Waals surface area contributed by atoms with Gasteiger partial charge in [0.2, 0.25) is 0 Å². The molecule has 0 atom stereocenters. The highest BCUT2D eigenvalue weighted by molar-refractivity contribution is 5.25. The second kappa shape index (κ2) is 2.97. The quantitative estimate of drug-likeness (QED) is 0.648. The van der Waals surface area contributed by atoms with Crippen molar-refractivity contribution in [2.75, 3.05) is 0 Å². The number of rotatable bonds is 1. The molecule has 0 saturated heterocycles. The molecule has 0 amide bonds. The van der Waals surface area contributed by atoms with E-state index in [9.17, 15) is 0 Å². The number of aromatic nitrogens is 4. The van der Waals surface area contributed by atoms with E-state index in [0.717, 1.165) is 11.5 Å². The summed E-state index contributed by atoms with van der Waals surface area (Å²) in [5.41, 5.74) is 2.23. The number of nitrogens with one attached hydrogen (secondary N) is 1. The van der Waals surface area contributed by atoms with Gasteiger partial charge < -0.3 is 0 Å². The van der Waals surface area contributed by atoms with Crippen LogP contribution in [0.4, 0.5) is 0 Å². The Labute approximate surface area is 76.2 Å². The first-order valence-corrected chi connectivity index (χ1v) is 4.14. The van der Waals surface area contributed by atoms with Crippen molar-refractivity contribution in [2.24, 2.45) is 0 Å². The summed E-state index contributed by atoms with van der Waals surface area (Å²) >= 11 is 0. The molecule has 4 heteroatoms. The fourth-order valence-electron chi connectivity index (χ4n) is 1.11. The van der Waals surface area contributed by atoms with E-state index in [2.05, 4.69) is 22.3 Å². The fourth-order valence-corrected chi connectivity index (χ4v) is 1.11. The van der Waals surface area contributed by atoms with Crippen LogP contribution in [-0.2, 0) is 0 Å². The summed E-state index contributed by atoms with van der Waals surface area (Å²) in [5.74, 6) is 0.737. The third kappa shape index (κ3) is 1.56. The number of hydrogen-bond donors (Lipinski definition) is 1. The molecule has 4 nitrogen and oxygen atoms in total. The van der Waals surface area contributed by atoms with Gasteiger partial charge in [-0.1, -0.05) is 17.7 Å². The Morgan fingerprint density at radius 2 is 1.85 bits per heavy atom. The maximum Gasteiger partial charge on any atom is 0.305 e. The molecule has 0 unspecified atom stereocenters. The minimum absolute atomic E-state index is 0.737. The third-order valence-electron chi connectivity index (χ3n) is 1.83. The van der Waals surface area contributed by atoms with Gasteiger partial charge in [-0.25, -0.2) is 0 Å². The maximum absolute atomic E-state index is 4.16. The Bertz CT molecular complexity index is 402. The highest BCUT2D eigenvalue weighted by atomic mass is 15.6. The van der Waals surface area contributed by atoms with Crippen molar-refractivity contribution in [2.45, 2.75) is 13.8 Å². The largest absolute Gasteiger partial charge is 0.305 e. The lowest BCUT2D eigenvalue weighted by Gasteiger charge is -1.92. The van der Waals surface area contributed by atoms with Crippen LogP contribution in [0.5, 0.6) is 0 Å². The van der Waals surface area contributed by atoms with Gasteiger partial charge >= 0.3 is 5.82 Å². The van der Waals surface area contributed by atoms with Gasteiger partial charge in [0.05, 0.1) is 5.10 Å². The van der Waals surface area contributed by atoms with E-state index in [-0.39, 0.29) is 0 Å². The summed E-state index contributed by atoms with van der Waals surface area (Å²) < 4.78 is 0. The number of benzene rings is 1. The summed E-state index contributed by atoms with van der Waals surface area (Å²) in [7, 11) is 0. The average Bonchev–Trinajstić information content (AvgIpc) is 2.53. The standard InChI is InChI=1S/C9H10N4/c1-7-3-5-9(6-4-7)13-11-8(2)10-12-13/h3-6H,1-2H3/p+1. The molecule has 0 aliphatic rings. The van der Waals surface area contributed by atoms with Crippen molar-refractivity contribution in [1.29, 1.82) is 0 Å². The van der Waals surface area contributed by atoms with E-state index in [0.29, 0.717) is 0 Å². The van der Waals surface area contributed by atoms with Crippen molar-refractivity contribution in [3.8, 4) is 5.69 Å². The number of nitrogens with zero attached hydrogens (tertiary/aromatic N) is 3. The Morgan fingerprint density at radius 3 is 2.38 bits per heavy atom. The molecule has 1 aromatic carbocycles. The molecule has 2 aromatic rings.